The van der Waals surface area contributed by atoms with Gasteiger partial charge in [0.15, 0.2) is 0 Å². The molecule has 0 saturated carbocycles. The van der Waals surface area contributed by atoms with Gasteiger partial charge in [-0.25, -0.2) is 0 Å². The number of carbonyl (C=O) groups is 1. The first kappa shape index (κ1) is 14.8. The third-order valence-corrected chi connectivity index (χ3v) is 3.69. The van der Waals surface area contributed by atoms with Gasteiger partial charge in [0.25, 0.3) is 5.91 Å². The van der Waals surface area contributed by atoms with Crippen molar-refractivity contribution in [3.05, 3.63) is 28.8 Å². The van der Waals surface area contributed by atoms with E-state index < -0.39 is 0 Å². The molecule has 1 rings (SSSR count). The van der Waals surface area contributed by atoms with Crippen molar-refractivity contribution in [2.45, 2.75) is 33.7 Å². The van der Waals surface area contributed by atoms with Crippen molar-refractivity contribution in [1.29, 1.82) is 0 Å². The number of hydrogen-bond donors (Lipinski definition) is 1. The van der Waals surface area contributed by atoms with E-state index in [9.17, 15) is 4.79 Å². The highest BCUT2D eigenvalue weighted by molar-refractivity contribution is 6.34. The Morgan fingerprint density at radius 3 is 2.39 bits per heavy atom. The molecule has 100 valence electrons. The van der Waals surface area contributed by atoms with Crippen LogP contribution in [-0.4, -0.2) is 23.9 Å². The number of carbonyl (C=O) groups excluding carboxylic acids is 1. The summed E-state index contributed by atoms with van der Waals surface area (Å²) in [5.74, 6) is -0.0811. The number of amides is 1. The molecule has 3 nitrogen and oxygen atoms in total. The second kappa shape index (κ2) is 5.19. The summed E-state index contributed by atoms with van der Waals surface area (Å²) in [6, 6.07) is 5.07. The van der Waals surface area contributed by atoms with Gasteiger partial charge in [-0.1, -0.05) is 32.4 Å². The maximum atomic E-state index is 12.4. The zero-order valence-electron chi connectivity index (χ0n) is 11.6. The number of nitrogens with two attached hydrogens (primary N) is 1. The molecule has 0 radical (unpaired) electrons. The summed E-state index contributed by atoms with van der Waals surface area (Å²) in [4.78, 5) is 14.1. The Labute approximate surface area is 114 Å². The molecular formula is C14H21ClN2O. The van der Waals surface area contributed by atoms with Gasteiger partial charge in [0.05, 0.1) is 10.6 Å². The molecule has 1 aromatic rings. The minimum atomic E-state index is -0.0811. The van der Waals surface area contributed by atoms with Crippen molar-refractivity contribution in [1.82, 2.24) is 4.90 Å². The number of hydrogen-bond acceptors (Lipinski definition) is 2. The molecular weight excluding hydrogens is 248 g/mol. The standard InChI is InChI=1S/C14H21ClN2O/c1-9(14(2,3)4)17(5)13(18)11-7-6-10(16)8-12(11)15/h6-9H,16H2,1-5H3. The van der Waals surface area contributed by atoms with Crippen molar-refractivity contribution in [2.75, 3.05) is 12.8 Å². The predicted octanol–water partition coefficient (Wildman–Crippen LogP) is 3.43. The number of benzene rings is 1. The Bertz CT molecular complexity index is 452. The molecule has 2 N–H and O–H groups in total. The third kappa shape index (κ3) is 3.16. The molecule has 0 aromatic heterocycles. The summed E-state index contributed by atoms with van der Waals surface area (Å²) in [6.45, 7) is 8.34. The summed E-state index contributed by atoms with van der Waals surface area (Å²) < 4.78 is 0. The lowest BCUT2D eigenvalue weighted by Crippen LogP contribution is -2.43. The Kier molecular flexibility index (Phi) is 4.28. The van der Waals surface area contributed by atoms with Crippen LogP contribution in [0.4, 0.5) is 5.69 Å². The van der Waals surface area contributed by atoms with Crippen LogP contribution < -0.4 is 5.73 Å². The molecule has 0 spiro atoms. The quantitative estimate of drug-likeness (QED) is 0.836. The van der Waals surface area contributed by atoms with Crippen LogP contribution in [0.15, 0.2) is 18.2 Å². The van der Waals surface area contributed by atoms with E-state index in [-0.39, 0.29) is 17.4 Å². The average molecular weight is 269 g/mol. The van der Waals surface area contributed by atoms with Crippen molar-refractivity contribution >= 4 is 23.2 Å². The smallest absolute Gasteiger partial charge is 0.255 e. The van der Waals surface area contributed by atoms with Crippen LogP contribution in [0.1, 0.15) is 38.1 Å². The highest BCUT2D eigenvalue weighted by atomic mass is 35.5. The van der Waals surface area contributed by atoms with E-state index in [1.54, 1.807) is 30.1 Å². The first-order valence-electron chi connectivity index (χ1n) is 5.96. The van der Waals surface area contributed by atoms with Gasteiger partial charge in [0.1, 0.15) is 0 Å². The fraction of sp³-hybridized carbons (Fsp3) is 0.500. The number of nitrogens with zero attached hydrogens (tertiary/aromatic N) is 1. The molecule has 1 aromatic carbocycles. The topological polar surface area (TPSA) is 46.3 Å². The minimum absolute atomic E-state index is 0.0185. The summed E-state index contributed by atoms with van der Waals surface area (Å²) in [5.41, 5.74) is 6.69. The van der Waals surface area contributed by atoms with Gasteiger partial charge in [0, 0.05) is 18.8 Å². The number of nitrogen functional groups attached to an aromatic ring is 1. The Hall–Kier alpha value is -1.22. The monoisotopic (exact) mass is 268 g/mol. The molecule has 1 atom stereocenters. The van der Waals surface area contributed by atoms with E-state index in [0.717, 1.165) is 0 Å². The highest BCUT2D eigenvalue weighted by Gasteiger charge is 2.28. The lowest BCUT2D eigenvalue weighted by atomic mass is 9.87. The lowest BCUT2D eigenvalue weighted by Gasteiger charge is -2.35. The average Bonchev–Trinajstić information content (AvgIpc) is 2.25. The first-order chi connectivity index (χ1) is 8.14. The van der Waals surface area contributed by atoms with Crippen LogP contribution in [0.5, 0.6) is 0 Å². The fourth-order valence-electron chi connectivity index (χ4n) is 1.65. The third-order valence-electron chi connectivity index (χ3n) is 3.38. The van der Waals surface area contributed by atoms with Crippen molar-refractivity contribution < 1.29 is 4.79 Å². The van der Waals surface area contributed by atoms with E-state index in [1.807, 2.05) is 6.92 Å². The van der Waals surface area contributed by atoms with Crippen molar-refractivity contribution in [2.24, 2.45) is 5.41 Å². The van der Waals surface area contributed by atoms with E-state index in [4.69, 9.17) is 17.3 Å². The Balaban J connectivity index is 3.00. The van der Waals surface area contributed by atoms with Crippen LogP contribution in [-0.2, 0) is 0 Å². The van der Waals surface area contributed by atoms with Crippen molar-refractivity contribution in [3.8, 4) is 0 Å². The van der Waals surface area contributed by atoms with Crippen LogP contribution >= 0.6 is 11.6 Å². The maximum absolute atomic E-state index is 12.4. The fourth-order valence-corrected chi connectivity index (χ4v) is 1.92. The van der Waals surface area contributed by atoms with E-state index in [0.29, 0.717) is 16.3 Å². The second-order valence-corrected chi connectivity index (χ2v) is 6.10. The molecule has 0 aliphatic heterocycles. The number of rotatable bonds is 2. The van der Waals surface area contributed by atoms with Crippen LogP contribution in [0.25, 0.3) is 0 Å². The Morgan fingerprint density at radius 2 is 1.94 bits per heavy atom. The molecule has 18 heavy (non-hydrogen) atoms. The molecule has 0 bridgehead atoms. The Morgan fingerprint density at radius 1 is 1.39 bits per heavy atom. The molecule has 0 saturated heterocycles. The predicted molar refractivity (Wildman–Crippen MR) is 76.9 cm³/mol. The van der Waals surface area contributed by atoms with Gasteiger partial charge >= 0.3 is 0 Å². The van der Waals surface area contributed by atoms with E-state index in [1.165, 1.54) is 0 Å². The molecule has 0 aliphatic carbocycles. The first-order valence-corrected chi connectivity index (χ1v) is 6.34. The number of halogens is 1. The SMILES string of the molecule is CC(N(C)C(=O)c1ccc(N)cc1Cl)C(C)(C)C. The van der Waals surface area contributed by atoms with Gasteiger partial charge < -0.3 is 10.6 Å². The van der Waals surface area contributed by atoms with Crippen molar-refractivity contribution in [3.63, 3.8) is 0 Å². The molecule has 0 fully saturated rings. The van der Waals surface area contributed by atoms with Gasteiger partial charge in [0.2, 0.25) is 0 Å². The van der Waals surface area contributed by atoms with Gasteiger partial charge in [-0.3, -0.25) is 4.79 Å². The molecule has 1 unspecified atom stereocenters. The second-order valence-electron chi connectivity index (χ2n) is 5.70. The van der Waals surface area contributed by atoms with Crippen LogP contribution in [0.2, 0.25) is 5.02 Å². The highest BCUT2D eigenvalue weighted by Crippen LogP contribution is 2.26. The zero-order chi connectivity index (χ0) is 14.1. The summed E-state index contributed by atoms with van der Waals surface area (Å²) in [5, 5.41) is 0.396. The molecule has 4 heteroatoms. The largest absolute Gasteiger partial charge is 0.399 e. The zero-order valence-corrected chi connectivity index (χ0v) is 12.4. The molecule has 0 heterocycles. The number of anilines is 1. The summed E-state index contributed by atoms with van der Waals surface area (Å²) in [6.07, 6.45) is 0. The van der Waals surface area contributed by atoms with Gasteiger partial charge in [-0.05, 0) is 30.5 Å². The lowest BCUT2D eigenvalue weighted by molar-refractivity contribution is 0.0629. The normalized spacial score (nSPS) is 13.2. The van der Waals surface area contributed by atoms with Gasteiger partial charge in [-0.2, -0.15) is 0 Å². The van der Waals surface area contributed by atoms with Crippen LogP contribution in [0.3, 0.4) is 0 Å². The van der Waals surface area contributed by atoms with E-state index in [2.05, 4.69) is 20.8 Å². The minimum Gasteiger partial charge on any atom is -0.399 e. The molecule has 1 amide bonds. The summed E-state index contributed by atoms with van der Waals surface area (Å²) >= 11 is 6.06. The maximum Gasteiger partial charge on any atom is 0.255 e. The van der Waals surface area contributed by atoms with Gasteiger partial charge in [-0.15, -0.1) is 0 Å². The molecule has 0 aliphatic rings. The summed E-state index contributed by atoms with van der Waals surface area (Å²) in [7, 11) is 1.80. The van der Waals surface area contributed by atoms with E-state index >= 15 is 0 Å². The van der Waals surface area contributed by atoms with Crippen LogP contribution in [0, 0.1) is 5.41 Å².